The minimum Gasteiger partial charge on any atom is -0.393 e. The smallest absolute Gasteiger partial charge is 0.159 e. The first kappa shape index (κ1) is 18.1. The Labute approximate surface area is 154 Å². The summed E-state index contributed by atoms with van der Waals surface area (Å²) >= 11 is 0. The number of rotatable bonds is 7. The van der Waals surface area contributed by atoms with Crippen molar-refractivity contribution in [2.45, 2.75) is 26.2 Å². The van der Waals surface area contributed by atoms with Gasteiger partial charge in [-0.25, -0.2) is 9.97 Å². The summed E-state index contributed by atoms with van der Waals surface area (Å²) in [7, 11) is 0. The predicted molar refractivity (Wildman–Crippen MR) is 105 cm³/mol. The molecule has 0 radical (unpaired) electrons. The van der Waals surface area contributed by atoms with Crippen LogP contribution in [0.15, 0.2) is 30.6 Å². The van der Waals surface area contributed by atoms with Crippen molar-refractivity contribution in [1.29, 1.82) is 0 Å². The summed E-state index contributed by atoms with van der Waals surface area (Å²) < 4.78 is 0. The molecule has 0 spiro atoms. The number of nitrogens with one attached hydrogen (secondary N) is 2. The van der Waals surface area contributed by atoms with Gasteiger partial charge in [-0.2, -0.15) is 0 Å². The maximum Gasteiger partial charge on any atom is 0.159 e. The van der Waals surface area contributed by atoms with Crippen LogP contribution in [0.4, 0.5) is 23.0 Å². The van der Waals surface area contributed by atoms with E-state index in [1.807, 2.05) is 12.1 Å². The lowest BCUT2D eigenvalue weighted by Gasteiger charge is -2.26. The van der Waals surface area contributed by atoms with Gasteiger partial charge in [-0.15, -0.1) is 0 Å². The first-order valence-corrected chi connectivity index (χ1v) is 9.08. The van der Waals surface area contributed by atoms with Crippen molar-refractivity contribution in [3.8, 4) is 0 Å². The van der Waals surface area contributed by atoms with Crippen molar-refractivity contribution in [2.75, 3.05) is 42.5 Å². The van der Waals surface area contributed by atoms with Gasteiger partial charge in [0.2, 0.25) is 0 Å². The molecule has 0 atom stereocenters. The molecule has 26 heavy (non-hydrogen) atoms. The number of Topliss-reactive ketones (excluding diaryl/α,β-unsaturated/α-hetero) is 1. The fraction of sp³-hybridized carbons (Fsp3) is 0.421. The van der Waals surface area contributed by atoms with Crippen molar-refractivity contribution in [3.63, 3.8) is 0 Å². The van der Waals surface area contributed by atoms with Gasteiger partial charge in [-0.05, 0) is 57.1 Å². The van der Waals surface area contributed by atoms with E-state index in [1.54, 1.807) is 19.1 Å². The van der Waals surface area contributed by atoms with Gasteiger partial charge in [-0.1, -0.05) is 6.42 Å². The van der Waals surface area contributed by atoms with Crippen molar-refractivity contribution < 1.29 is 4.79 Å². The van der Waals surface area contributed by atoms with Crippen LogP contribution in [0, 0.1) is 0 Å². The fourth-order valence-corrected chi connectivity index (χ4v) is 3.08. The number of piperidine rings is 1. The third-order valence-electron chi connectivity index (χ3n) is 4.61. The van der Waals surface area contributed by atoms with Gasteiger partial charge < -0.3 is 21.3 Å². The highest BCUT2D eigenvalue weighted by molar-refractivity contribution is 5.94. The predicted octanol–water partition coefficient (Wildman–Crippen LogP) is 2.90. The Balaban J connectivity index is 1.60. The monoisotopic (exact) mass is 354 g/mol. The molecule has 0 unspecified atom stereocenters. The minimum absolute atomic E-state index is 0.0401. The number of nitrogens with zero attached hydrogens (tertiary/aromatic N) is 3. The van der Waals surface area contributed by atoms with Crippen LogP contribution in [-0.2, 0) is 0 Å². The second kappa shape index (κ2) is 8.62. The molecule has 1 aromatic heterocycles. The summed E-state index contributed by atoms with van der Waals surface area (Å²) in [5.41, 5.74) is 8.19. The van der Waals surface area contributed by atoms with E-state index in [0.29, 0.717) is 22.9 Å². The van der Waals surface area contributed by atoms with E-state index in [2.05, 4.69) is 25.5 Å². The van der Waals surface area contributed by atoms with Crippen molar-refractivity contribution in [1.82, 2.24) is 14.9 Å². The Morgan fingerprint density at radius 2 is 1.81 bits per heavy atom. The molecular formula is C19H26N6O. The Morgan fingerprint density at radius 1 is 1.12 bits per heavy atom. The summed E-state index contributed by atoms with van der Waals surface area (Å²) in [4.78, 5) is 22.3. The van der Waals surface area contributed by atoms with Crippen molar-refractivity contribution in [2.24, 2.45) is 0 Å². The van der Waals surface area contributed by atoms with E-state index in [4.69, 9.17) is 5.73 Å². The van der Waals surface area contributed by atoms with Gasteiger partial charge in [-0.3, -0.25) is 4.79 Å². The molecule has 138 valence electrons. The Hall–Kier alpha value is -2.67. The van der Waals surface area contributed by atoms with Crippen LogP contribution < -0.4 is 16.4 Å². The number of aromatic nitrogens is 2. The maximum absolute atomic E-state index is 11.4. The first-order valence-electron chi connectivity index (χ1n) is 9.08. The van der Waals surface area contributed by atoms with Gasteiger partial charge in [0.15, 0.2) is 17.4 Å². The molecule has 7 heteroatoms. The normalized spacial score (nSPS) is 14.8. The molecule has 0 saturated carbocycles. The number of nitrogens with two attached hydrogens (primary N) is 1. The summed E-state index contributed by atoms with van der Waals surface area (Å²) in [5, 5.41) is 6.49. The largest absolute Gasteiger partial charge is 0.393 e. The highest BCUT2D eigenvalue weighted by Crippen LogP contribution is 2.25. The highest BCUT2D eigenvalue weighted by Gasteiger charge is 2.11. The van der Waals surface area contributed by atoms with E-state index in [9.17, 15) is 4.79 Å². The molecule has 1 aliphatic rings. The van der Waals surface area contributed by atoms with Crippen LogP contribution in [-0.4, -0.2) is 46.8 Å². The van der Waals surface area contributed by atoms with Crippen molar-refractivity contribution >= 4 is 28.8 Å². The van der Waals surface area contributed by atoms with Crippen LogP contribution in [0.1, 0.15) is 36.5 Å². The number of carbonyl (C=O) groups excluding carboxylic acids is 1. The van der Waals surface area contributed by atoms with E-state index in [0.717, 1.165) is 18.8 Å². The first-order chi connectivity index (χ1) is 12.6. The topological polar surface area (TPSA) is 96.2 Å². The number of nitrogen functional groups attached to an aromatic ring is 1. The molecule has 1 aliphatic heterocycles. The van der Waals surface area contributed by atoms with Crippen LogP contribution in [0.5, 0.6) is 0 Å². The Bertz CT molecular complexity index is 740. The molecule has 0 amide bonds. The lowest BCUT2D eigenvalue weighted by atomic mass is 10.1. The van der Waals surface area contributed by atoms with Gasteiger partial charge in [0.1, 0.15) is 12.0 Å². The second-order valence-corrected chi connectivity index (χ2v) is 6.57. The van der Waals surface area contributed by atoms with E-state index in [1.165, 1.54) is 38.7 Å². The summed E-state index contributed by atoms with van der Waals surface area (Å²) in [5.74, 6) is 1.23. The van der Waals surface area contributed by atoms with Gasteiger partial charge >= 0.3 is 0 Å². The number of anilines is 4. The summed E-state index contributed by atoms with van der Waals surface area (Å²) in [6, 6.07) is 7.23. The van der Waals surface area contributed by atoms with Crippen LogP contribution in [0.25, 0.3) is 0 Å². The zero-order valence-electron chi connectivity index (χ0n) is 15.2. The van der Waals surface area contributed by atoms with Crippen LogP contribution >= 0.6 is 0 Å². The maximum atomic E-state index is 11.4. The highest BCUT2D eigenvalue weighted by atomic mass is 16.1. The van der Waals surface area contributed by atoms with Crippen molar-refractivity contribution in [3.05, 3.63) is 36.2 Å². The number of hydrogen-bond donors (Lipinski definition) is 3. The minimum atomic E-state index is 0.0401. The molecular weight excluding hydrogens is 328 g/mol. The molecule has 2 aromatic rings. The van der Waals surface area contributed by atoms with Crippen LogP contribution in [0.3, 0.4) is 0 Å². The molecule has 7 nitrogen and oxygen atoms in total. The molecule has 0 aliphatic carbocycles. The fourth-order valence-electron chi connectivity index (χ4n) is 3.08. The zero-order valence-corrected chi connectivity index (χ0v) is 15.2. The standard InChI is InChI=1S/C19H26N6O/c1-14(26)15-5-7-16(8-6-15)24-19-17(20)18(22-13-23-19)21-9-12-25-10-3-2-4-11-25/h5-8,13H,2-4,9-12,20H2,1H3,(H2,21,22,23,24). The lowest BCUT2D eigenvalue weighted by molar-refractivity contribution is 0.101. The summed E-state index contributed by atoms with van der Waals surface area (Å²) in [6.45, 7) is 5.67. The molecule has 1 aromatic carbocycles. The van der Waals surface area contributed by atoms with Gasteiger partial charge in [0.25, 0.3) is 0 Å². The van der Waals surface area contributed by atoms with E-state index < -0.39 is 0 Å². The van der Waals surface area contributed by atoms with Gasteiger partial charge in [0.05, 0.1) is 0 Å². The average molecular weight is 354 g/mol. The Kier molecular flexibility index (Phi) is 6.01. The second-order valence-electron chi connectivity index (χ2n) is 6.57. The number of likely N-dealkylation sites (tertiary alicyclic amines) is 1. The number of ketones is 1. The summed E-state index contributed by atoms with van der Waals surface area (Å²) in [6.07, 6.45) is 5.40. The third kappa shape index (κ3) is 4.70. The number of hydrogen-bond acceptors (Lipinski definition) is 7. The molecule has 3 rings (SSSR count). The molecule has 2 heterocycles. The Morgan fingerprint density at radius 3 is 2.50 bits per heavy atom. The average Bonchev–Trinajstić information content (AvgIpc) is 2.66. The molecule has 1 saturated heterocycles. The molecule has 1 fully saturated rings. The van der Waals surface area contributed by atoms with E-state index >= 15 is 0 Å². The quantitative estimate of drug-likeness (QED) is 0.658. The zero-order chi connectivity index (χ0) is 18.4. The SMILES string of the molecule is CC(=O)c1ccc(Nc2ncnc(NCCN3CCCCC3)c2N)cc1. The van der Waals surface area contributed by atoms with Gasteiger partial charge in [0, 0.05) is 24.3 Å². The molecule has 4 N–H and O–H groups in total. The molecule has 0 bridgehead atoms. The lowest BCUT2D eigenvalue weighted by Crippen LogP contribution is -2.33. The van der Waals surface area contributed by atoms with Crippen LogP contribution in [0.2, 0.25) is 0 Å². The van der Waals surface area contributed by atoms with E-state index in [-0.39, 0.29) is 5.78 Å². The number of benzene rings is 1. The number of carbonyl (C=O) groups is 1. The third-order valence-corrected chi connectivity index (χ3v) is 4.61.